The summed E-state index contributed by atoms with van der Waals surface area (Å²) in [6.07, 6.45) is -3.06. The number of aliphatic hydroxyl groups is 1. The van der Waals surface area contributed by atoms with Crippen LogP contribution in [0.3, 0.4) is 0 Å². The average molecular weight is 277 g/mol. The van der Waals surface area contributed by atoms with Crippen molar-refractivity contribution in [3.8, 4) is 5.75 Å². The van der Waals surface area contributed by atoms with Crippen LogP contribution in [0.1, 0.15) is 25.3 Å². The minimum atomic E-state index is -4.69. The zero-order valence-corrected chi connectivity index (χ0v) is 10.7. The fourth-order valence-electron chi connectivity index (χ4n) is 1.92. The van der Waals surface area contributed by atoms with Gasteiger partial charge in [0.05, 0.1) is 5.60 Å². The molecule has 19 heavy (non-hydrogen) atoms. The molecule has 0 aliphatic carbocycles. The van der Waals surface area contributed by atoms with Crippen molar-refractivity contribution in [2.45, 2.75) is 38.1 Å². The van der Waals surface area contributed by atoms with Gasteiger partial charge in [-0.15, -0.1) is 13.2 Å². The number of hydrogen-bond donors (Lipinski definition) is 2. The monoisotopic (exact) mass is 277 g/mol. The molecule has 1 unspecified atom stereocenters. The maximum absolute atomic E-state index is 12.0. The van der Waals surface area contributed by atoms with E-state index in [0.29, 0.717) is 12.8 Å². The lowest BCUT2D eigenvalue weighted by atomic mass is 9.90. The smallest absolute Gasteiger partial charge is 0.406 e. The van der Waals surface area contributed by atoms with Crippen LogP contribution in [0.2, 0.25) is 0 Å². The van der Waals surface area contributed by atoms with Gasteiger partial charge in [0.15, 0.2) is 0 Å². The molecule has 0 spiro atoms. The molecule has 1 atom stereocenters. The van der Waals surface area contributed by atoms with Crippen molar-refractivity contribution in [1.82, 2.24) is 0 Å². The number of nitrogens with two attached hydrogens (primary N) is 1. The summed E-state index contributed by atoms with van der Waals surface area (Å²) in [4.78, 5) is 0. The largest absolute Gasteiger partial charge is 0.573 e. The molecule has 0 saturated carbocycles. The molecule has 1 aromatic carbocycles. The van der Waals surface area contributed by atoms with Crippen LogP contribution >= 0.6 is 0 Å². The Labute approximate surface area is 110 Å². The van der Waals surface area contributed by atoms with Crippen LogP contribution in [0.5, 0.6) is 5.75 Å². The van der Waals surface area contributed by atoms with Gasteiger partial charge in [-0.25, -0.2) is 0 Å². The van der Waals surface area contributed by atoms with Crippen molar-refractivity contribution in [3.05, 3.63) is 29.8 Å². The van der Waals surface area contributed by atoms with Gasteiger partial charge in [0.25, 0.3) is 0 Å². The van der Waals surface area contributed by atoms with Gasteiger partial charge >= 0.3 is 6.36 Å². The average Bonchev–Trinajstić information content (AvgIpc) is 2.30. The summed E-state index contributed by atoms with van der Waals surface area (Å²) in [5.41, 5.74) is 5.24. The summed E-state index contributed by atoms with van der Waals surface area (Å²) < 4.78 is 39.7. The molecule has 0 aromatic heterocycles. The zero-order valence-electron chi connectivity index (χ0n) is 10.7. The summed E-state index contributed by atoms with van der Waals surface area (Å²) in [6, 6.07) is 5.45. The molecule has 0 amide bonds. The third-order valence-electron chi connectivity index (χ3n) is 2.79. The van der Waals surface area contributed by atoms with Crippen molar-refractivity contribution >= 4 is 0 Å². The Kier molecular flexibility index (Phi) is 5.20. The van der Waals surface area contributed by atoms with Crippen molar-refractivity contribution in [2.75, 3.05) is 6.54 Å². The molecule has 0 heterocycles. The molecular formula is C13H18F3NO2. The van der Waals surface area contributed by atoms with Crippen LogP contribution in [0.4, 0.5) is 13.2 Å². The van der Waals surface area contributed by atoms with E-state index in [-0.39, 0.29) is 12.3 Å². The van der Waals surface area contributed by atoms with E-state index in [9.17, 15) is 18.3 Å². The zero-order chi connectivity index (χ0) is 14.5. The number of hydrogen-bond acceptors (Lipinski definition) is 3. The van der Waals surface area contributed by atoms with Gasteiger partial charge in [-0.1, -0.05) is 25.5 Å². The molecule has 0 aliphatic heterocycles. The van der Waals surface area contributed by atoms with Gasteiger partial charge in [0, 0.05) is 13.0 Å². The van der Waals surface area contributed by atoms with Crippen molar-refractivity contribution in [2.24, 2.45) is 5.73 Å². The second kappa shape index (κ2) is 6.25. The molecule has 3 N–H and O–H groups in total. The molecule has 0 radical (unpaired) electrons. The summed E-state index contributed by atoms with van der Waals surface area (Å²) in [5.74, 6) is -0.275. The second-order valence-electron chi connectivity index (χ2n) is 4.55. The van der Waals surface area contributed by atoms with Crippen LogP contribution in [0, 0.1) is 0 Å². The minimum absolute atomic E-state index is 0.113. The van der Waals surface area contributed by atoms with Crippen molar-refractivity contribution in [3.63, 3.8) is 0 Å². The molecule has 0 aliphatic rings. The lowest BCUT2D eigenvalue weighted by Gasteiger charge is -2.26. The molecule has 3 nitrogen and oxygen atoms in total. The lowest BCUT2D eigenvalue weighted by molar-refractivity contribution is -0.274. The summed E-state index contributed by atoms with van der Waals surface area (Å²) in [6.45, 7) is 2.04. The maximum atomic E-state index is 12.0. The third kappa shape index (κ3) is 5.48. The Hall–Kier alpha value is -1.27. The van der Waals surface area contributed by atoms with Crippen molar-refractivity contribution in [1.29, 1.82) is 0 Å². The van der Waals surface area contributed by atoms with Gasteiger partial charge in [-0.05, 0) is 24.1 Å². The Balaban J connectivity index is 2.71. The molecule has 1 rings (SSSR count). The van der Waals surface area contributed by atoms with Crippen LogP contribution in [0.25, 0.3) is 0 Å². The quantitative estimate of drug-likeness (QED) is 0.840. The van der Waals surface area contributed by atoms with E-state index in [4.69, 9.17) is 5.73 Å². The minimum Gasteiger partial charge on any atom is -0.406 e. The third-order valence-corrected chi connectivity index (χ3v) is 2.79. The summed E-state index contributed by atoms with van der Waals surface area (Å²) in [7, 11) is 0. The molecular weight excluding hydrogens is 259 g/mol. The highest BCUT2D eigenvalue weighted by Gasteiger charge is 2.31. The van der Waals surface area contributed by atoms with Crippen LogP contribution < -0.4 is 10.5 Å². The van der Waals surface area contributed by atoms with Gasteiger partial charge < -0.3 is 15.6 Å². The van der Waals surface area contributed by atoms with Crippen LogP contribution in [0.15, 0.2) is 24.3 Å². The number of benzene rings is 1. The number of alkyl halides is 3. The maximum Gasteiger partial charge on any atom is 0.573 e. The number of rotatable bonds is 6. The first-order chi connectivity index (χ1) is 8.78. The van der Waals surface area contributed by atoms with Crippen molar-refractivity contribution < 1.29 is 23.0 Å². The van der Waals surface area contributed by atoms with E-state index in [1.807, 2.05) is 6.92 Å². The second-order valence-corrected chi connectivity index (χ2v) is 4.55. The van der Waals surface area contributed by atoms with Gasteiger partial charge in [0.2, 0.25) is 0 Å². The molecule has 108 valence electrons. The highest BCUT2D eigenvalue weighted by atomic mass is 19.4. The molecule has 0 fully saturated rings. The highest BCUT2D eigenvalue weighted by molar-refractivity contribution is 5.28. The molecule has 6 heteroatoms. The van der Waals surface area contributed by atoms with Crippen LogP contribution in [-0.4, -0.2) is 23.6 Å². The Morgan fingerprint density at radius 1 is 1.21 bits per heavy atom. The van der Waals surface area contributed by atoms with E-state index in [1.165, 1.54) is 24.3 Å². The lowest BCUT2D eigenvalue weighted by Crippen LogP contribution is -2.39. The van der Waals surface area contributed by atoms with E-state index in [2.05, 4.69) is 4.74 Å². The van der Waals surface area contributed by atoms with E-state index in [1.54, 1.807) is 0 Å². The normalized spacial score (nSPS) is 15.1. The predicted octanol–water partition coefficient (Wildman–Crippen LogP) is 2.62. The topological polar surface area (TPSA) is 55.5 Å². The first-order valence-electron chi connectivity index (χ1n) is 6.05. The predicted molar refractivity (Wildman–Crippen MR) is 65.7 cm³/mol. The number of halogens is 3. The fourth-order valence-corrected chi connectivity index (χ4v) is 1.92. The number of ether oxygens (including phenoxy) is 1. The Morgan fingerprint density at radius 3 is 2.21 bits per heavy atom. The van der Waals surface area contributed by atoms with Crippen LogP contribution in [-0.2, 0) is 6.42 Å². The van der Waals surface area contributed by atoms with E-state index in [0.717, 1.165) is 12.0 Å². The Morgan fingerprint density at radius 2 is 1.79 bits per heavy atom. The first-order valence-corrected chi connectivity index (χ1v) is 6.05. The SMILES string of the molecule is CCCC(O)(CN)Cc1ccc(OC(F)(F)F)cc1. The summed E-state index contributed by atoms with van der Waals surface area (Å²) >= 11 is 0. The van der Waals surface area contributed by atoms with Gasteiger partial charge in [0.1, 0.15) is 5.75 Å². The summed E-state index contributed by atoms with van der Waals surface area (Å²) in [5, 5.41) is 10.2. The van der Waals surface area contributed by atoms with Gasteiger partial charge in [-0.2, -0.15) is 0 Å². The van der Waals surface area contributed by atoms with Gasteiger partial charge in [-0.3, -0.25) is 0 Å². The highest BCUT2D eigenvalue weighted by Crippen LogP contribution is 2.24. The van der Waals surface area contributed by atoms with E-state index < -0.39 is 12.0 Å². The Bertz CT molecular complexity index is 392. The first kappa shape index (κ1) is 15.8. The molecule has 0 saturated heterocycles. The standard InChI is InChI=1S/C13H18F3NO2/c1-2-7-12(18,9-17)8-10-3-5-11(6-4-10)19-13(14,15)16/h3-6,18H,2,7-9,17H2,1H3. The fraction of sp³-hybridized carbons (Fsp3) is 0.538. The molecule has 1 aromatic rings. The van der Waals surface area contributed by atoms with E-state index >= 15 is 0 Å². The molecule has 0 bridgehead atoms.